The zero-order chi connectivity index (χ0) is 12.2. The van der Waals surface area contributed by atoms with Gasteiger partial charge in [-0.05, 0) is 6.92 Å². The van der Waals surface area contributed by atoms with E-state index >= 15 is 0 Å². The number of Topliss-reactive ketones (excluding diaryl/α,β-unsaturated/α-hetero) is 1. The lowest BCUT2D eigenvalue weighted by molar-refractivity contribution is -0.140. The second-order valence-electron chi connectivity index (χ2n) is 2.91. The second kappa shape index (κ2) is 5.66. The van der Waals surface area contributed by atoms with Crippen molar-refractivity contribution in [1.82, 2.24) is 0 Å². The summed E-state index contributed by atoms with van der Waals surface area (Å²) in [4.78, 5) is 27.4. The second-order valence-corrected chi connectivity index (χ2v) is 4.15. The van der Waals surface area contributed by atoms with Crippen LogP contribution in [-0.4, -0.2) is 55.8 Å². The summed E-state index contributed by atoms with van der Waals surface area (Å²) in [5.74, 6) is -1.13. The average Bonchev–Trinajstić information content (AvgIpc) is 2.10. The van der Waals surface area contributed by atoms with Gasteiger partial charge in [-0.25, -0.2) is 4.57 Å². The normalized spacial score (nSPS) is 18.3. The predicted molar refractivity (Wildman–Crippen MR) is 46.7 cm³/mol. The molecule has 0 saturated heterocycles. The van der Waals surface area contributed by atoms with Gasteiger partial charge in [0.2, 0.25) is 0 Å². The minimum atomic E-state index is -4.79. The van der Waals surface area contributed by atoms with Crippen LogP contribution in [-0.2, 0) is 13.9 Å². The maximum atomic E-state index is 10.9. The van der Waals surface area contributed by atoms with Gasteiger partial charge in [-0.1, -0.05) is 0 Å². The number of carbonyl (C=O) groups excluding carboxylic acids is 1. The number of rotatable bonds is 6. The number of phosphoric ester groups is 1. The summed E-state index contributed by atoms with van der Waals surface area (Å²) in [6, 6.07) is 0. The van der Waals surface area contributed by atoms with Crippen LogP contribution in [0.5, 0.6) is 0 Å². The van der Waals surface area contributed by atoms with Crippen LogP contribution in [0.4, 0.5) is 0 Å². The highest BCUT2D eigenvalue weighted by Crippen LogP contribution is 2.35. The van der Waals surface area contributed by atoms with Crippen molar-refractivity contribution in [2.45, 2.75) is 25.2 Å². The molecule has 0 aromatic heterocycles. The standard InChI is InChI=1S/C6H13O8P/c1-3(7)5(9)6(10)4(8)2-14-15(11,12)13/h3,5-7,9-10H,2H2,1H3,(H2,11,12,13)/t3-,5?,6?/m0/s1. The summed E-state index contributed by atoms with van der Waals surface area (Å²) in [5, 5.41) is 26.9. The molecule has 0 fully saturated rings. The molecule has 0 rings (SSSR count). The molecule has 0 saturated carbocycles. The minimum Gasteiger partial charge on any atom is -0.391 e. The van der Waals surface area contributed by atoms with E-state index in [2.05, 4.69) is 4.52 Å². The van der Waals surface area contributed by atoms with Gasteiger partial charge < -0.3 is 25.1 Å². The Morgan fingerprint density at radius 1 is 1.33 bits per heavy atom. The lowest BCUT2D eigenvalue weighted by Crippen LogP contribution is -2.42. The van der Waals surface area contributed by atoms with Gasteiger partial charge in [0.1, 0.15) is 18.8 Å². The zero-order valence-electron chi connectivity index (χ0n) is 7.85. The van der Waals surface area contributed by atoms with E-state index in [4.69, 9.17) is 25.1 Å². The highest BCUT2D eigenvalue weighted by atomic mass is 31.2. The Kier molecular flexibility index (Phi) is 5.54. The SMILES string of the molecule is C[C@H](O)C(O)C(O)C(=O)COP(=O)(O)O. The molecule has 0 heterocycles. The van der Waals surface area contributed by atoms with Gasteiger partial charge in [0.25, 0.3) is 0 Å². The highest BCUT2D eigenvalue weighted by molar-refractivity contribution is 7.46. The monoisotopic (exact) mass is 244 g/mol. The fourth-order valence-corrected chi connectivity index (χ4v) is 0.983. The Balaban J connectivity index is 4.17. The van der Waals surface area contributed by atoms with Crippen molar-refractivity contribution in [3.8, 4) is 0 Å². The molecule has 0 aromatic rings. The Bertz CT molecular complexity index is 258. The van der Waals surface area contributed by atoms with Crippen molar-refractivity contribution in [3.05, 3.63) is 0 Å². The lowest BCUT2D eigenvalue weighted by Gasteiger charge is -2.18. The third kappa shape index (κ3) is 5.95. The van der Waals surface area contributed by atoms with E-state index in [1.165, 1.54) is 0 Å². The van der Waals surface area contributed by atoms with Gasteiger partial charge in [-0.3, -0.25) is 9.32 Å². The van der Waals surface area contributed by atoms with E-state index in [1.54, 1.807) is 0 Å². The lowest BCUT2D eigenvalue weighted by atomic mass is 10.1. The van der Waals surface area contributed by atoms with E-state index < -0.39 is 38.5 Å². The zero-order valence-corrected chi connectivity index (χ0v) is 8.74. The number of carbonyl (C=O) groups is 1. The number of hydrogen-bond acceptors (Lipinski definition) is 6. The molecular formula is C6H13O8P. The first kappa shape index (κ1) is 14.7. The summed E-state index contributed by atoms with van der Waals surface area (Å²) in [6.45, 7) is 0.0974. The number of aliphatic hydroxyl groups excluding tert-OH is 3. The summed E-state index contributed by atoms with van der Waals surface area (Å²) < 4.78 is 14.0. The summed E-state index contributed by atoms with van der Waals surface area (Å²) >= 11 is 0. The number of phosphoric acid groups is 1. The van der Waals surface area contributed by atoms with Crippen molar-refractivity contribution in [2.75, 3.05) is 6.61 Å². The Morgan fingerprint density at radius 2 is 1.80 bits per heavy atom. The van der Waals surface area contributed by atoms with Gasteiger partial charge in [-0.15, -0.1) is 0 Å². The predicted octanol–water partition coefficient (Wildman–Crippen LogP) is -2.23. The molecule has 2 unspecified atom stereocenters. The Labute approximate surface area is 85.4 Å². The van der Waals surface area contributed by atoms with Crippen LogP contribution in [0.15, 0.2) is 0 Å². The van der Waals surface area contributed by atoms with Crippen LogP contribution in [0.1, 0.15) is 6.92 Å². The average molecular weight is 244 g/mol. The smallest absolute Gasteiger partial charge is 0.391 e. The fraction of sp³-hybridized carbons (Fsp3) is 0.833. The topological polar surface area (TPSA) is 145 Å². The summed E-state index contributed by atoms with van der Waals surface area (Å²) in [6.07, 6.45) is -5.02. The van der Waals surface area contributed by atoms with Crippen molar-refractivity contribution in [2.24, 2.45) is 0 Å². The molecule has 0 aliphatic rings. The number of aliphatic hydroxyl groups is 3. The third-order valence-corrected chi connectivity index (χ3v) is 1.99. The van der Waals surface area contributed by atoms with Gasteiger partial charge in [0, 0.05) is 0 Å². The van der Waals surface area contributed by atoms with Crippen molar-refractivity contribution >= 4 is 13.6 Å². The van der Waals surface area contributed by atoms with Crippen LogP contribution in [0.3, 0.4) is 0 Å². The molecule has 0 aliphatic heterocycles. The molecule has 0 spiro atoms. The van der Waals surface area contributed by atoms with Crippen molar-refractivity contribution in [3.63, 3.8) is 0 Å². The molecule has 90 valence electrons. The van der Waals surface area contributed by atoms with Crippen molar-refractivity contribution < 1.29 is 39.0 Å². The maximum Gasteiger partial charge on any atom is 0.470 e. The summed E-state index contributed by atoms with van der Waals surface area (Å²) in [7, 11) is -4.79. The first-order valence-corrected chi connectivity index (χ1v) is 5.45. The highest BCUT2D eigenvalue weighted by Gasteiger charge is 2.29. The molecule has 15 heavy (non-hydrogen) atoms. The maximum absolute atomic E-state index is 10.9. The molecule has 0 bridgehead atoms. The van der Waals surface area contributed by atoms with Gasteiger partial charge in [0.05, 0.1) is 6.10 Å². The molecule has 0 aliphatic carbocycles. The first-order valence-electron chi connectivity index (χ1n) is 3.92. The molecule has 0 aromatic carbocycles. The Hall–Kier alpha value is -0.340. The van der Waals surface area contributed by atoms with Crippen LogP contribution < -0.4 is 0 Å². The van der Waals surface area contributed by atoms with E-state index in [-0.39, 0.29) is 0 Å². The number of ketones is 1. The molecule has 0 amide bonds. The van der Waals surface area contributed by atoms with Crippen LogP contribution in [0.25, 0.3) is 0 Å². The molecule has 9 heteroatoms. The minimum absolute atomic E-state index is 1.05. The molecule has 5 N–H and O–H groups in total. The van der Waals surface area contributed by atoms with Crippen LogP contribution in [0.2, 0.25) is 0 Å². The molecule has 0 radical (unpaired) electrons. The largest absolute Gasteiger partial charge is 0.470 e. The summed E-state index contributed by atoms with van der Waals surface area (Å²) in [5.41, 5.74) is 0. The van der Waals surface area contributed by atoms with E-state index in [0.29, 0.717) is 0 Å². The third-order valence-electron chi connectivity index (χ3n) is 1.52. The molecule has 3 atom stereocenters. The van der Waals surface area contributed by atoms with Crippen LogP contribution in [0, 0.1) is 0 Å². The van der Waals surface area contributed by atoms with Crippen molar-refractivity contribution in [1.29, 1.82) is 0 Å². The van der Waals surface area contributed by atoms with E-state index in [0.717, 1.165) is 6.92 Å². The van der Waals surface area contributed by atoms with Gasteiger partial charge >= 0.3 is 7.82 Å². The quantitative estimate of drug-likeness (QED) is 0.330. The van der Waals surface area contributed by atoms with Crippen LogP contribution >= 0.6 is 7.82 Å². The molecular weight excluding hydrogens is 231 g/mol. The van der Waals surface area contributed by atoms with Gasteiger partial charge in [0.15, 0.2) is 5.78 Å². The molecule has 8 nitrogen and oxygen atoms in total. The van der Waals surface area contributed by atoms with Gasteiger partial charge in [-0.2, -0.15) is 0 Å². The first-order chi connectivity index (χ1) is 6.65. The fourth-order valence-electron chi connectivity index (χ4n) is 0.687. The Morgan fingerprint density at radius 3 is 2.13 bits per heavy atom. The van der Waals surface area contributed by atoms with E-state index in [1.807, 2.05) is 0 Å². The van der Waals surface area contributed by atoms with E-state index in [9.17, 15) is 9.36 Å². The number of hydrogen-bond donors (Lipinski definition) is 5.